The van der Waals surface area contributed by atoms with Crippen molar-refractivity contribution >= 4 is 34.5 Å². The van der Waals surface area contributed by atoms with Gasteiger partial charge in [-0.3, -0.25) is 9.59 Å². The summed E-state index contributed by atoms with van der Waals surface area (Å²) in [4.78, 5) is 33.5. The summed E-state index contributed by atoms with van der Waals surface area (Å²) in [7, 11) is 0. The van der Waals surface area contributed by atoms with Crippen LogP contribution in [0.15, 0.2) is 128 Å². The van der Waals surface area contributed by atoms with E-state index in [0.29, 0.717) is 46.1 Å². The van der Waals surface area contributed by atoms with Gasteiger partial charge in [0.15, 0.2) is 11.6 Å². The summed E-state index contributed by atoms with van der Waals surface area (Å²) in [5.41, 5.74) is 4.76. The molecule has 0 aliphatic carbocycles. The summed E-state index contributed by atoms with van der Waals surface area (Å²) in [5.74, 6) is 0.451. The molecule has 2 aliphatic heterocycles. The third-order valence-electron chi connectivity index (χ3n) is 11.0. The van der Waals surface area contributed by atoms with Gasteiger partial charge < -0.3 is 40.2 Å². The summed E-state index contributed by atoms with van der Waals surface area (Å²) in [6.45, 7) is 4.42. The number of aromatic nitrogens is 6. The molecule has 62 heavy (non-hydrogen) atoms. The molecule has 0 spiro atoms. The Kier molecular flexibility index (Phi) is 13.8. The quantitative estimate of drug-likeness (QED) is 0.104. The van der Waals surface area contributed by atoms with Gasteiger partial charge in [0, 0.05) is 17.0 Å². The Morgan fingerprint density at radius 3 is 1.65 bits per heavy atom. The molecule has 0 bridgehead atoms. The molecular formula is C46H50N8O8. The molecule has 5 N–H and O–H groups in total. The van der Waals surface area contributed by atoms with Crippen molar-refractivity contribution in [2.45, 2.75) is 77.0 Å². The Morgan fingerprint density at radius 1 is 0.677 bits per heavy atom. The second kappa shape index (κ2) is 19.5. The predicted octanol–water partition coefficient (Wildman–Crippen LogP) is 5.82. The largest absolute Gasteiger partial charge is 0.394 e. The zero-order valence-corrected chi connectivity index (χ0v) is 33.4. The van der Waals surface area contributed by atoms with Crippen LogP contribution in [-0.4, -0.2) is 93.5 Å². The van der Waals surface area contributed by atoms with Gasteiger partial charge in [-0.2, -0.15) is 10.2 Å². The van der Waals surface area contributed by atoms with Gasteiger partial charge in [0.2, 0.25) is 0 Å². The monoisotopic (exact) mass is 842 g/mol. The maximum atomic E-state index is 12.7. The molecule has 8 atom stereocenters. The van der Waals surface area contributed by atoms with Crippen LogP contribution in [0.25, 0.3) is 11.0 Å². The summed E-state index contributed by atoms with van der Waals surface area (Å²) in [6, 6.07) is 35.2. The Morgan fingerprint density at radius 2 is 1.16 bits per heavy atom. The Hall–Kier alpha value is -6.40. The van der Waals surface area contributed by atoms with Crippen LogP contribution in [0, 0.1) is 5.92 Å². The van der Waals surface area contributed by atoms with E-state index in [1.54, 1.807) is 53.0 Å². The van der Waals surface area contributed by atoms with Gasteiger partial charge in [0.05, 0.1) is 36.8 Å². The number of hydrogen-bond acceptors (Lipinski definition) is 12. The number of nitrogens with one attached hydrogen (secondary N) is 2. The standard InChI is InChI=1S/C27H28N4O3.C18H18N4O5.CH4/c1-3-23-18(2)24(33-16-19-10-6-4-7-11-19)25(34-23)21-14-15-22-26(28-17-29-31(21)22)30-27(32)20-12-8-5-9-13-20;23-8-13-14(24)15(25)16(27-13)11-6-7-12-17(19-9-20-22(11)12)21-18(26)10-4-2-1-3-5-10;/h4-15,17-18,23-25H,3,16H2,1-2H3,(H,28,29,30,32);1-7,9,13-16,23-25H,8H2,(H,19,20,21,26);1H4/t18-,23-,24?,25+;13-,14-,15-,16+;/m11./s1. The van der Waals surface area contributed by atoms with Crippen LogP contribution in [0.3, 0.4) is 0 Å². The molecule has 2 amide bonds. The summed E-state index contributed by atoms with van der Waals surface area (Å²) >= 11 is 0. The van der Waals surface area contributed by atoms with Crippen LogP contribution in [0.2, 0.25) is 0 Å². The van der Waals surface area contributed by atoms with E-state index in [9.17, 15) is 24.9 Å². The van der Waals surface area contributed by atoms with Gasteiger partial charge in [0.1, 0.15) is 54.2 Å². The number of carbonyl (C=O) groups excluding carboxylic acids is 2. The van der Waals surface area contributed by atoms with E-state index in [4.69, 9.17) is 14.2 Å². The molecule has 1 unspecified atom stereocenters. The number of hydrogen-bond donors (Lipinski definition) is 5. The average Bonchev–Trinajstić information content (AvgIpc) is 4.08. The van der Waals surface area contributed by atoms with Crippen LogP contribution < -0.4 is 10.6 Å². The second-order valence-electron chi connectivity index (χ2n) is 14.9. The highest BCUT2D eigenvalue weighted by Crippen LogP contribution is 2.41. The van der Waals surface area contributed by atoms with E-state index in [1.165, 1.54) is 17.2 Å². The van der Waals surface area contributed by atoms with Crippen LogP contribution in [0.4, 0.5) is 11.6 Å². The molecule has 16 heteroatoms. The first-order valence-corrected chi connectivity index (χ1v) is 20.1. The Balaban J connectivity index is 0.000000188. The number of anilines is 2. The Bertz CT molecular complexity index is 2570. The van der Waals surface area contributed by atoms with Crippen molar-refractivity contribution in [2.75, 3.05) is 17.2 Å². The molecule has 6 heterocycles. The summed E-state index contributed by atoms with van der Waals surface area (Å²) < 4.78 is 21.7. The third-order valence-corrected chi connectivity index (χ3v) is 11.0. The number of rotatable bonds is 11. The number of nitrogens with zero attached hydrogens (tertiary/aromatic N) is 6. The van der Waals surface area contributed by atoms with Crippen molar-refractivity contribution in [1.29, 1.82) is 0 Å². The number of aliphatic hydroxyl groups excluding tert-OH is 3. The lowest BCUT2D eigenvalue weighted by molar-refractivity contribution is -0.0362. The minimum atomic E-state index is -1.21. The van der Waals surface area contributed by atoms with Crippen molar-refractivity contribution in [3.63, 3.8) is 0 Å². The Labute approximate surface area is 358 Å². The van der Waals surface area contributed by atoms with E-state index in [2.05, 4.69) is 56.8 Å². The molecule has 7 aromatic rings. The van der Waals surface area contributed by atoms with Crippen LogP contribution in [0.5, 0.6) is 0 Å². The van der Waals surface area contributed by atoms with Crippen molar-refractivity contribution in [1.82, 2.24) is 29.2 Å². The average molecular weight is 843 g/mol. The molecule has 16 nitrogen and oxygen atoms in total. The van der Waals surface area contributed by atoms with E-state index in [1.807, 2.05) is 54.6 Å². The first kappa shape index (κ1) is 43.7. The van der Waals surface area contributed by atoms with Crippen molar-refractivity contribution < 1.29 is 39.1 Å². The van der Waals surface area contributed by atoms with E-state index < -0.39 is 31.0 Å². The minimum absolute atomic E-state index is 0. The fraction of sp³-hybridized carbons (Fsp3) is 0.304. The van der Waals surface area contributed by atoms with E-state index in [-0.39, 0.29) is 43.5 Å². The van der Waals surface area contributed by atoms with Gasteiger partial charge in [-0.15, -0.1) is 0 Å². The maximum Gasteiger partial charge on any atom is 0.256 e. The van der Waals surface area contributed by atoms with E-state index >= 15 is 0 Å². The third kappa shape index (κ3) is 8.97. The van der Waals surface area contributed by atoms with Crippen LogP contribution >= 0.6 is 0 Å². The highest BCUT2D eigenvalue weighted by atomic mass is 16.6. The first-order valence-electron chi connectivity index (χ1n) is 20.1. The lowest BCUT2D eigenvalue weighted by Gasteiger charge is -2.22. The highest BCUT2D eigenvalue weighted by molar-refractivity contribution is 6.06. The molecular weight excluding hydrogens is 793 g/mol. The SMILES string of the molecule is C.CC[C@H]1O[C@@H](c2ccc3c(NC(=O)c4ccccc4)ncnn23)C(OCc2ccccc2)[C@@H]1C.O=C(Nc1ncnn2c([C@@H]3O[C@H](CO)[C@@H](O)[C@H]3O)ccc12)c1ccccc1. The number of ether oxygens (including phenoxy) is 3. The molecule has 2 aliphatic rings. The van der Waals surface area contributed by atoms with Crippen LogP contribution in [-0.2, 0) is 20.8 Å². The topological polar surface area (TPSA) is 207 Å². The van der Waals surface area contributed by atoms with Crippen molar-refractivity contribution in [3.05, 3.63) is 156 Å². The van der Waals surface area contributed by atoms with Gasteiger partial charge >= 0.3 is 0 Å². The highest BCUT2D eigenvalue weighted by Gasteiger charge is 2.45. The molecule has 9 rings (SSSR count). The number of amides is 2. The van der Waals surface area contributed by atoms with Gasteiger partial charge in [-0.1, -0.05) is 88.0 Å². The molecule has 0 saturated carbocycles. The van der Waals surface area contributed by atoms with Gasteiger partial charge in [0.25, 0.3) is 11.8 Å². The number of benzene rings is 3. The van der Waals surface area contributed by atoms with Gasteiger partial charge in [-0.25, -0.2) is 19.0 Å². The van der Waals surface area contributed by atoms with Gasteiger partial charge in [-0.05, 0) is 60.5 Å². The number of fused-ring (bicyclic) bond motifs is 2. The zero-order chi connectivity index (χ0) is 42.5. The number of carbonyl (C=O) groups is 2. The molecule has 2 saturated heterocycles. The molecule has 4 aromatic heterocycles. The zero-order valence-electron chi connectivity index (χ0n) is 33.4. The van der Waals surface area contributed by atoms with Crippen LogP contribution in [0.1, 0.15) is 77.6 Å². The summed E-state index contributed by atoms with van der Waals surface area (Å²) in [6.07, 6.45) is -0.844. The second-order valence-corrected chi connectivity index (χ2v) is 14.9. The molecule has 2 fully saturated rings. The molecule has 322 valence electrons. The van der Waals surface area contributed by atoms with Crippen molar-refractivity contribution in [2.24, 2.45) is 5.92 Å². The smallest absolute Gasteiger partial charge is 0.256 e. The fourth-order valence-electron chi connectivity index (χ4n) is 7.80. The minimum Gasteiger partial charge on any atom is -0.394 e. The number of aliphatic hydroxyl groups is 3. The van der Waals surface area contributed by atoms with E-state index in [0.717, 1.165) is 17.7 Å². The predicted molar refractivity (Wildman–Crippen MR) is 230 cm³/mol. The lowest BCUT2D eigenvalue weighted by Crippen LogP contribution is -2.32. The molecule has 3 aromatic carbocycles. The first-order chi connectivity index (χ1) is 29.7. The summed E-state index contributed by atoms with van der Waals surface area (Å²) in [5, 5.41) is 43.7. The lowest BCUT2D eigenvalue weighted by atomic mass is 9.95. The fourth-order valence-corrected chi connectivity index (χ4v) is 7.80. The maximum absolute atomic E-state index is 12.7. The van der Waals surface area contributed by atoms with Crippen molar-refractivity contribution in [3.8, 4) is 0 Å². The molecule has 0 radical (unpaired) electrons. The normalized spacial score (nSPS) is 23.0.